The standard InChI is InChI=1S/C27H39N3O5S/c1-7-13-28-27(32)22(4)29(19-23-10-8-11-25(18-23)35-5)26(31)12-9-14-30(36(6,33)34)24-16-20(2)15-21(3)17-24/h8,10-11,15-18,22H,7,9,12-14,19H2,1-6H3,(H,28,32)/t22-/m1/s1. The predicted octanol–water partition coefficient (Wildman–Crippen LogP) is 3.80. The van der Waals surface area contributed by atoms with Crippen LogP contribution in [0, 0.1) is 13.8 Å². The Bertz CT molecular complexity index is 1130. The van der Waals surface area contributed by atoms with Crippen LogP contribution >= 0.6 is 0 Å². The average molecular weight is 518 g/mol. The lowest BCUT2D eigenvalue weighted by atomic mass is 10.1. The van der Waals surface area contributed by atoms with Crippen LogP contribution < -0.4 is 14.4 Å². The molecule has 1 atom stereocenters. The number of methoxy groups -OCH3 is 1. The number of hydrogen-bond acceptors (Lipinski definition) is 5. The molecule has 1 N–H and O–H groups in total. The lowest BCUT2D eigenvalue weighted by Gasteiger charge is -2.29. The van der Waals surface area contributed by atoms with E-state index in [9.17, 15) is 18.0 Å². The van der Waals surface area contributed by atoms with E-state index in [-0.39, 0.29) is 31.3 Å². The summed E-state index contributed by atoms with van der Waals surface area (Å²) in [6.07, 6.45) is 2.38. The number of sulfonamides is 1. The summed E-state index contributed by atoms with van der Waals surface area (Å²) >= 11 is 0. The van der Waals surface area contributed by atoms with E-state index in [1.807, 2.05) is 63.2 Å². The second-order valence-corrected chi connectivity index (χ2v) is 11.0. The summed E-state index contributed by atoms with van der Waals surface area (Å²) in [6, 6.07) is 12.3. The Morgan fingerprint density at radius 1 is 1.08 bits per heavy atom. The van der Waals surface area contributed by atoms with Crippen molar-refractivity contribution in [3.63, 3.8) is 0 Å². The van der Waals surface area contributed by atoms with Crippen molar-refractivity contribution in [2.45, 2.75) is 59.5 Å². The number of carbonyl (C=O) groups excluding carboxylic acids is 2. The first-order valence-corrected chi connectivity index (χ1v) is 14.1. The molecular formula is C27H39N3O5S. The maximum absolute atomic E-state index is 13.3. The average Bonchev–Trinajstić information content (AvgIpc) is 2.81. The van der Waals surface area contributed by atoms with Crippen LogP contribution in [0.1, 0.15) is 49.8 Å². The summed E-state index contributed by atoms with van der Waals surface area (Å²) in [6.45, 7) is 8.45. The highest BCUT2D eigenvalue weighted by Crippen LogP contribution is 2.22. The maximum atomic E-state index is 13.3. The lowest BCUT2D eigenvalue weighted by molar-refractivity contribution is -0.140. The second kappa shape index (κ2) is 13.3. The zero-order chi connectivity index (χ0) is 26.9. The van der Waals surface area contributed by atoms with Gasteiger partial charge in [-0.15, -0.1) is 0 Å². The first-order chi connectivity index (χ1) is 17.0. The number of aryl methyl sites for hydroxylation is 2. The number of rotatable bonds is 13. The van der Waals surface area contributed by atoms with Gasteiger partial charge in [-0.1, -0.05) is 25.1 Å². The van der Waals surface area contributed by atoms with E-state index >= 15 is 0 Å². The third kappa shape index (κ3) is 8.55. The monoisotopic (exact) mass is 517 g/mol. The van der Waals surface area contributed by atoms with Crippen molar-refractivity contribution in [2.24, 2.45) is 0 Å². The van der Waals surface area contributed by atoms with E-state index in [0.717, 1.165) is 23.1 Å². The predicted molar refractivity (Wildman–Crippen MR) is 144 cm³/mol. The van der Waals surface area contributed by atoms with Crippen molar-refractivity contribution in [1.82, 2.24) is 10.2 Å². The van der Waals surface area contributed by atoms with Gasteiger partial charge in [-0.05, 0) is 74.6 Å². The molecule has 0 radical (unpaired) electrons. The number of carbonyl (C=O) groups is 2. The van der Waals surface area contributed by atoms with Crippen LogP contribution in [-0.2, 0) is 26.2 Å². The van der Waals surface area contributed by atoms with Gasteiger partial charge in [0.1, 0.15) is 11.8 Å². The molecule has 0 unspecified atom stereocenters. The summed E-state index contributed by atoms with van der Waals surface area (Å²) in [5.74, 6) is 0.229. The molecule has 2 rings (SSSR count). The van der Waals surface area contributed by atoms with Gasteiger partial charge in [-0.3, -0.25) is 13.9 Å². The number of benzene rings is 2. The van der Waals surface area contributed by atoms with E-state index in [2.05, 4.69) is 5.32 Å². The van der Waals surface area contributed by atoms with Crippen LogP contribution in [0.15, 0.2) is 42.5 Å². The molecule has 2 amide bonds. The normalized spacial score (nSPS) is 12.1. The van der Waals surface area contributed by atoms with Crippen molar-refractivity contribution in [3.05, 3.63) is 59.2 Å². The van der Waals surface area contributed by atoms with Crippen LogP contribution in [-0.4, -0.2) is 57.6 Å². The number of nitrogens with one attached hydrogen (secondary N) is 1. The highest BCUT2D eigenvalue weighted by Gasteiger charge is 2.26. The molecule has 0 aromatic heterocycles. The fourth-order valence-corrected chi connectivity index (χ4v) is 4.99. The van der Waals surface area contributed by atoms with E-state index in [4.69, 9.17) is 4.74 Å². The third-order valence-corrected chi connectivity index (χ3v) is 7.04. The first kappa shape index (κ1) is 29.2. The number of ether oxygens (including phenoxy) is 1. The molecule has 0 heterocycles. The molecule has 198 valence electrons. The van der Waals surface area contributed by atoms with Crippen LogP contribution in [0.3, 0.4) is 0 Å². The number of hydrogen-bond donors (Lipinski definition) is 1. The van der Waals surface area contributed by atoms with Crippen LogP contribution in [0.2, 0.25) is 0 Å². The van der Waals surface area contributed by atoms with Crippen LogP contribution in [0.25, 0.3) is 0 Å². The SMILES string of the molecule is CCCNC(=O)[C@@H](C)N(Cc1cccc(OC)c1)C(=O)CCCN(c1cc(C)cc(C)c1)S(C)(=O)=O. The number of nitrogens with zero attached hydrogens (tertiary/aromatic N) is 2. The quantitative estimate of drug-likeness (QED) is 0.436. The van der Waals surface area contributed by atoms with E-state index < -0.39 is 16.1 Å². The zero-order valence-electron chi connectivity index (χ0n) is 22.2. The molecule has 0 aliphatic rings. The largest absolute Gasteiger partial charge is 0.497 e. The van der Waals surface area contributed by atoms with Gasteiger partial charge in [0.25, 0.3) is 0 Å². The van der Waals surface area contributed by atoms with Crippen molar-refractivity contribution in [3.8, 4) is 5.75 Å². The smallest absolute Gasteiger partial charge is 0.242 e. The van der Waals surface area contributed by atoms with Crippen molar-refractivity contribution in [1.29, 1.82) is 0 Å². The minimum atomic E-state index is -3.54. The molecule has 2 aromatic rings. The summed E-state index contributed by atoms with van der Waals surface area (Å²) < 4.78 is 31.7. The molecule has 0 saturated heterocycles. The Morgan fingerprint density at radius 3 is 2.33 bits per heavy atom. The molecule has 36 heavy (non-hydrogen) atoms. The molecular weight excluding hydrogens is 478 g/mol. The zero-order valence-corrected chi connectivity index (χ0v) is 23.0. The Labute approximate surface area is 215 Å². The van der Waals surface area contributed by atoms with Crippen molar-refractivity contribution < 1.29 is 22.7 Å². The van der Waals surface area contributed by atoms with E-state index in [0.29, 0.717) is 24.4 Å². The molecule has 0 fully saturated rings. The van der Waals surface area contributed by atoms with E-state index in [1.54, 1.807) is 18.9 Å². The minimum absolute atomic E-state index is 0.103. The highest BCUT2D eigenvalue weighted by atomic mass is 32.2. The van der Waals surface area contributed by atoms with Gasteiger partial charge >= 0.3 is 0 Å². The van der Waals surface area contributed by atoms with E-state index in [1.165, 1.54) is 10.6 Å². The molecule has 0 aliphatic heterocycles. The molecule has 0 aliphatic carbocycles. The Balaban J connectivity index is 2.20. The van der Waals surface area contributed by atoms with Gasteiger partial charge in [0.05, 0.1) is 19.1 Å². The first-order valence-electron chi connectivity index (χ1n) is 12.2. The number of amides is 2. The molecule has 8 nitrogen and oxygen atoms in total. The second-order valence-electron chi connectivity index (χ2n) is 9.12. The number of anilines is 1. The van der Waals surface area contributed by atoms with Gasteiger partial charge in [0.15, 0.2) is 0 Å². The Kier molecular flexibility index (Phi) is 10.8. The molecule has 9 heteroatoms. The summed E-state index contributed by atoms with van der Waals surface area (Å²) in [5.41, 5.74) is 3.35. The van der Waals surface area contributed by atoms with Gasteiger partial charge in [-0.2, -0.15) is 0 Å². The minimum Gasteiger partial charge on any atom is -0.497 e. The Hall–Kier alpha value is -3.07. The highest BCUT2D eigenvalue weighted by molar-refractivity contribution is 7.92. The third-order valence-electron chi connectivity index (χ3n) is 5.85. The van der Waals surface area contributed by atoms with Crippen LogP contribution in [0.4, 0.5) is 5.69 Å². The molecule has 2 aromatic carbocycles. The van der Waals surface area contributed by atoms with Gasteiger partial charge < -0.3 is 15.0 Å². The fraction of sp³-hybridized carbons (Fsp3) is 0.481. The van der Waals surface area contributed by atoms with Crippen molar-refractivity contribution >= 4 is 27.5 Å². The lowest BCUT2D eigenvalue weighted by Crippen LogP contribution is -2.47. The van der Waals surface area contributed by atoms with Crippen molar-refractivity contribution in [2.75, 3.05) is 30.8 Å². The summed E-state index contributed by atoms with van der Waals surface area (Å²) in [7, 11) is -1.96. The molecule has 0 bridgehead atoms. The van der Waals surface area contributed by atoms with Gasteiger partial charge in [-0.25, -0.2) is 8.42 Å². The molecule has 0 saturated carbocycles. The fourth-order valence-electron chi connectivity index (χ4n) is 4.04. The summed E-state index contributed by atoms with van der Waals surface area (Å²) in [4.78, 5) is 27.6. The van der Waals surface area contributed by atoms with Crippen LogP contribution in [0.5, 0.6) is 5.75 Å². The van der Waals surface area contributed by atoms with Gasteiger partial charge in [0, 0.05) is 26.1 Å². The Morgan fingerprint density at radius 2 is 1.75 bits per heavy atom. The maximum Gasteiger partial charge on any atom is 0.242 e. The summed E-state index contributed by atoms with van der Waals surface area (Å²) in [5, 5.41) is 2.86. The van der Waals surface area contributed by atoms with Gasteiger partial charge in [0.2, 0.25) is 21.8 Å². The topological polar surface area (TPSA) is 96.0 Å². The molecule has 0 spiro atoms.